The first-order valence-corrected chi connectivity index (χ1v) is 8.30. The highest BCUT2D eigenvalue weighted by atomic mass is 16.1. The second-order valence-electron chi connectivity index (χ2n) is 5.97. The first kappa shape index (κ1) is 15.3. The van der Waals surface area contributed by atoms with Gasteiger partial charge in [0.25, 0.3) is 5.91 Å². The zero-order valence-electron chi connectivity index (χ0n) is 13.7. The molecule has 126 valence electrons. The molecular formula is C18H18N6O. The second-order valence-corrected chi connectivity index (χ2v) is 5.97. The molecule has 25 heavy (non-hydrogen) atoms. The number of nitrogens with zero attached hydrogens (tertiary/aromatic N) is 5. The van der Waals surface area contributed by atoms with Crippen LogP contribution in [-0.2, 0) is 0 Å². The molecule has 0 saturated carbocycles. The Labute approximate surface area is 145 Å². The molecule has 0 spiro atoms. The van der Waals surface area contributed by atoms with Crippen molar-refractivity contribution in [2.75, 3.05) is 23.3 Å². The molecule has 7 heteroatoms. The molecule has 1 aliphatic heterocycles. The average Bonchev–Trinajstić information content (AvgIpc) is 3.36. The van der Waals surface area contributed by atoms with Crippen LogP contribution in [0.5, 0.6) is 0 Å². The zero-order chi connectivity index (χ0) is 17.1. The minimum Gasteiger partial charge on any atom is -0.370 e. The van der Waals surface area contributed by atoms with Crippen LogP contribution in [0.4, 0.5) is 11.4 Å². The number of hydrogen-bond acceptors (Lipinski definition) is 5. The standard InChI is InChI=1S/C18H18N6O/c25-18(14-6-2-1-3-7-14)20-16-12-15(24-13-19-21-22-24)8-9-17(16)23-10-4-5-11-23/h1-3,6-9,12-13H,4-5,10-11H2,(H,20,25). The fourth-order valence-corrected chi connectivity index (χ4v) is 3.06. The van der Waals surface area contributed by atoms with E-state index in [4.69, 9.17) is 0 Å². The van der Waals surface area contributed by atoms with Crippen molar-refractivity contribution in [3.8, 4) is 5.69 Å². The van der Waals surface area contributed by atoms with Gasteiger partial charge in [0.05, 0.1) is 17.1 Å². The van der Waals surface area contributed by atoms with E-state index in [1.165, 1.54) is 19.2 Å². The van der Waals surface area contributed by atoms with E-state index < -0.39 is 0 Å². The van der Waals surface area contributed by atoms with Crippen molar-refractivity contribution in [2.45, 2.75) is 12.8 Å². The Morgan fingerprint density at radius 1 is 1.04 bits per heavy atom. The van der Waals surface area contributed by atoms with Crippen LogP contribution in [-0.4, -0.2) is 39.2 Å². The summed E-state index contributed by atoms with van der Waals surface area (Å²) in [5.74, 6) is -0.130. The SMILES string of the molecule is O=C(Nc1cc(-n2cnnn2)ccc1N1CCCC1)c1ccccc1. The maximum absolute atomic E-state index is 12.6. The van der Waals surface area contributed by atoms with Crippen molar-refractivity contribution in [1.82, 2.24) is 20.2 Å². The largest absolute Gasteiger partial charge is 0.370 e. The number of amides is 1. The van der Waals surface area contributed by atoms with Gasteiger partial charge in [-0.15, -0.1) is 5.10 Å². The summed E-state index contributed by atoms with van der Waals surface area (Å²) in [7, 11) is 0. The van der Waals surface area contributed by atoms with Crippen molar-refractivity contribution >= 4 is 17.3 Å². The summed E-state index contributed by atoms with van der Waals surface area (Å²) in [4.78, 5) is 14.9. The third-order valence-electron chi connectivity index (χ3n) is 4.32. The molecule has 3 aromatic rings. The third kappa shape index (κ3) is 3.21. The lowest BCUT2D eigenvalue weighted by Crippen LogP contribution is -2.21. The van der Waals surface area contributed by atoms with Crippen LogP contribution < -0.4 is 10.2 Å². The van der Waals surface area contributed by atoms with Gasteiger partial charge in [-0.2, -0.15) is 0 Å². The van der Waals surface area contributed by atoms with Crippen LogP contribution in [0, 0.1) is 0 Å². The Balaban J connectivity index is 1.69. The van der Waals surface area contributed by atoms with E-state index in [9.17, 15) is 4.79 Å². The number of benzene rings is 2. The van der Waals surface area contributed by atoms with E-state index in [1.807, 2.05) is 36.4 Å². The first-order chi connectivity index (χ1) is 12.3. The highest BCUT2D eigenvalue weighted by Crippen LogP contribution is 2.31. The smallest absolute Gasteiger partial charge is 0.255 e. The van der Waals surface area contributed by atoms with Gasteiger partial charge in [-0.1, -0.05) is 18.2 Å². The lowest BCUT2D eigenvalue weighted by molar-refractivity contribution is 0.102. The topological polar surface area (TPSA) is 75.9 Å². The van der Waals surface area contributed by atoms with Crippen LogP contribution in [0.3, 0.4) is 0 Å². The number of anilines is 2. The fourth-order valence-electron chi connectivity index (χ4n) is 3.06. The summed E-state index contributed by atoms with van der Waals surface area (Å²) >= 11 is 0. The monoisotopic (exact) mass is 334 g/mol. The molecule has 2 aromatic carbocycles. The highest BCUT2D eigenvalue weighted by molar-refractivity contribution is 6.06. The van der Waals surface area contributed by atoms with Crippen LogP contribution >= 0.6 is 0 Å². The zero-order valence-corrected chi connectivity index (χ0v) is 13.7. The Bertz CT molecular complexity index is 857. The van der Waals surface area contributed by atoms with Crippen LogP contribution in [0.25, 0.3) is 5.69 Å². The molecule has 2 heterocycles. The molecular weight excluding hydrogens is 316 g/mol. The van der Waals surface area contributed by atoms with E-state index in [0.717, 1.165) is 30.2 Å². The summed E-state index contributed by atoms with van der Waals surface area (Å²) in [5, 5.41) is 14.3. The molecule has 0 radical (unpaired) electrons. The number of tetrazole rings is 1. The molecule has 0 aliphatic carbocycles. The molecule has 1 saturated heterocycles. The normalized spacial score (nSPS) is 13.8. The van der Waals surface area contributed by atoms with Crippen molar-refractivity contribution < 1.29 is 4.79 Å². The summed E-state index contributed by atoms with van der Waals surface area (Å²) in [6, 6.07) is 15.1. The lowest BCUT2D eigenvalue weighted by atomic mass is 10.2. The van der Waals surface area contributed by atoms with Gasteiger partial charge in [0.1, 0.15) is 6.33 Å². The molecule has 0 unspecified atom stereocenters. The number of carbonyl (C=O) groups is 1. The minimum absolute atomic E-state index is 0.130. The van der Waals surface area contributed by atoms with Gasteiger partial charge in [-0.25, -0.2) is 4.68 Å². The van der Waals surface area contributed by atoms with E-state index in [-0.39, 0.29) is 5.91 Å². The highest BCUT2D eigenvalue weighted by Gasteiger charge is 2.18. The molecule has 0 bridgehead atoms. The summed E-state index contributed by atoms with van der Waals surface area (Å²) < 4.78 is 1.58. The van der Waals surface area contributed by atoms with Gasteiger partial charge < -0.3 is 10.2 Å². The number of rotatable bonds is 4. The van der Waals surface area contributed by atoms with E-state index >= 15 is 0 Å². The average molecular weight is 334 g/mol. The van der Waals surface area contributed by atoms with Crippen LogP contribution in [0.2, 0.25) is 0 Å². The molecule has 1 amide bonds. The summed E-state index contributed by atoms with van der Waals surface area (Å²) in [6.45, 7) is 2.00. The van der Waals surface area contributed by atoms with Gasteiger partial charge in [0, 0.05) is 18.7 Å². The fraction of sp³-hybridized carbons (Fsp3) is 0.222. The molecule has 4 rings (SSSR count). The Morgan fingerprint density at radius 3 is 2.56 bits per heavy atom. The van der Waals surface area contributed by atoms with Gasteiger partial charge in [0.15, 0.2) is 0 Å². The predicted molar refractivity (Wildman–Crippen MR) is 95.0 cm³/mol. The predicted octanol–water partition coefficient (Wildman–Crippen LogP) is 2.51. The third-order valence-corrected chi connectivity index (χ3v) is 4.32. The van der Waals surface area contributed by atoms with Crippen molar-refractivity contribution in [3.63, 3.8) is 0 Å². The number of aromatic nitrogens is 4. The number of hydrogen-bond donors (Lipinski definition) is 1. The molecule has 1 fully saturated rings. The van der Waals surface area contributed by atoms with E-state index in [2.05, 4.69) is 25.7 Å². The van der Waals surface area contributed by atoms with Gasteiger partial charge >= 0.3 is 0 Å². The second kappa shape index (κ2) is 6.72. The Hall–Kier alpha value is -3.22. The molecule has 1 N–H and O–H groups in total. The summed E-state index contributed by atoms with van der Waals surface area (Å²) in [6.07, 6.45) is 3.87. The van der Waals surface area contributed by atoms with E-state index in [0.29, 0.717) is 5.56 Å². The number of nitrogens with one attached hydrogen (secondary N) is 1. The Kier molecular flexibility index (Phi) is 4.12. The molecule has 1 aromatic heterocycles. The van der Waals surface area contributed by atoms with Crippen molar-refractivity contribution in [3.05, 3.63) is 60.4 Å². The van der Waals surface area contributed by atoms with E-state index in [1.54, 1.807) is 16.8 Å². The molecule has 0 atom stereocenters. The Morgan fingerprint density at radius 2 is 1.84 bits per heavy atom. The van der Waals surface area contributed by atoms with Gasteiger partial charge in [-0.3, -0.25) is 4.79 Å². The van der Waals surface area contributed by atoms with Crippen molar-refractivity contribution in [2.24, 2.45) is 0 Å². The van der Waals surface area contributed by atoms with Crippen molar-refractivity contribution in [1.29, 1.82) is 0 Å². The summed E-state index contributed by atoms with van der Waals surface area (Å²) in [5.41, 5.74) is 3.22. The number of carbonyl (C=O) groups excluding carboxylic acids is 1. The molecule has 7 nitrogen and oxygen atoms in total. The lowest BCUT2D eigenvalue weighted by Gasteiger charge is -2.22. The maximum Gasteiger partial charge on any atom is 0.255 e. The quantitative estimate of drug-likeness (QED) is 0.793. The minimum atomic E-state index is -0.130. The van der Waals surface area contributed by atoms with Crippen LogP contribution in [0.1, 0.15) is 23.2 Å². The van der Waals surface area contributed by atoms with Gasteiger partial charge in [0.2, 0.25) is 0 Å². The maximum atomic E-state index is 12.6. The van der Waals surface area contributed by atoms with Gasteiger partial charge in [-0.05, 0) is 53.6 Å². The first-order valence-electron chi connectivity index (χ1n) is 8.30. The van der Waals surface area contributed by atoms with Crippen LogP contribution in [0.15, 0.2) is 54.9 Å². The molecule has 1 aliphatic rings.